The first kappa shape index (κ1) is 14.2. The van der Waals surface area contributed by atoms with Crippen molar-refractivity contribution >= 4 is 11.6 Å². The van der Waals surface area contributed by atoms with Crippen molar-refractivity contribution < 1.29 is 14.4 Å². The van der Waals surface area contributed by atoms with Crippen molar-refractivity contribution in [1.29, 1.82) is 0 Å². The molecule has 0 aliphatic carbocycles. The lowest BCUT2D eigenvalue weighted by molar-refractivity contribution is -0.181. The SMILES string of the molecule is C=C(CCCC(=O)Nc1ccccc1C)NOF. The van der Waals surface area contributed by atoms with E-state index in [0.717, 1.165) is 11.3 Å². The fourth-order valence-electron chi connectivity index (χ4n) is 1.49. The fourth-order valence-corrected chi connectivity index (χ4v) is 1.49. The highest BCUT2D eigenvalue weighted by molar-refractivity contribution is 5.91. The van der Waals surface area contributed by atoms with Crippen molar-refractivity contribution in [3.8, 4) is 0 Å². The standard InChI is InChI=1S/C13H17FN2O2/c1-10-6-3-4-8-12(10)15-13(17)9-5-7-11(2)16-18-14/h3-4,6,8,16H,2,5,7,9H2,1H3,(H,15,17). The highest BCUT2D eigenvalue weighted by Crippen LogP contribution is 2.14. The molecule has 0 aromatic heterocycles. The fraction of sp³-hybridized carbons (Fsp3) is 0.308. The number of rotatable bonds is 7. The Hall–Kier alpha value is -1.88. The molecule has 18 heavy (non-hydrogen) atoms. The van der Waals surface area contributed by atoms with Gasteiger partial charge in [0.05, 0.1) is 0 Å². The van der Waals surface area contributed by atoms with Crippen LogP contribution in [0.15, 0.2) is 36.5 Å². The Morgan fingerprint density at radius 2 is 2.11 bits per heavy atom. The molecule has 0 aliphatic heterocycles. The van der Waals surface area contributed by atoms with Crippen LogP contribution in [0.25, 0.3) is 0 Å². The van der Waals surface area contributed by atoms with E-state index in [0.29, 0.717) is 25.0 Å². The molecule has 1 amide bonds. The Balaban J connectivity index is 2.30. The number of benzene rings is 1. The second-order valence-corrected chi connectivity index (χ2v) is 4.00. The van der Waals surface area contributed by atoms with Gasteiger partial charge in [0.15, 0.2) is 0 Å². The quantitative estimate of drug-likeness (QED) is 0.733. The molecule has 0 atom stereocenters. The first-order valence-electron chi connectivity index (χ1n) is 5.70. The highest BCUT2D eigenvalue weighted by atomic mass is 19.3. The number of nitrogens with one attached hydrogen (secondary N) is 2. The van der Waals surface area contributed by atoms with Crippen LogP contribution in [0.1, 0.15) is 24.8 Å². The van der Waals surface area contributed by atoms with E-state index in [1.807, 2.05) is 36.7 Å². The van der Waals surface area contributed by atoms with Crippen LogP contribution in [-0.2, 0) is 9.84 Å². The van der Waals surface area contributed by atoms with Crippen molar-refractivity contribution in [1.82, 2.24) is 5.48 Å². The molecule has 98 valence electrons. The summed E-state index contributed by atoms with van der Waals surface area (Å²) in [4.78, 5) is 11.6. The molecule has 0 saturated heterocycles. The lowest BCUT2D eigenvalue weighted by Crippen LogP contribution is -2.13. The maximum absolute atomic E-state index is 11.6. The number of aryl methyl sites for hydroxylation is 1. The normalized spacial score (nSPS) is 9.89. The Bertz CT molecular complexity index is 421. The zero-order chi connectivity index (χ0) is 13.4. The second-order valence-electron chi connectivity index (χ2n) is 4.00. The molecule has 2 N–H and O–H groups in total. The summed E-state index contributed by atoms with van der Waals surface area (Å²) in [6, 6.07) is 7.56. The monoisotopic (exact) mass is 252 g/mol. The van der Waals surface area contributed by atoms with Crippen molar-refractivity contribution in [3.05, 3.63) is 42.1 Å². The van der Waals surface area contributed by atoms with Crippen molar-refractivity contribution in [2.75, 3.05) is 5.32 Å². The number of amides is 1. The maximum atomic E-state index is 11.6. The number of allylic oxidation sites excluding steroid dienone is 1. The molecule has 0 aliphatic rings. The molecule has 0 bridgehead atoms. The summed E-state index contributed by atoms with van der Waals surface area (Å²) in [7, 11) is 0. The first-order valence-corrected chi connectivity index (χ1v) is 5.70. The molecule has 5 heteroatoms. The van der Waals surface area contributed by atoms with Gasteiger partial charge in [0, 0.05) is 17.8 Å². The molecule has 0 spiro atoms. The van der Waals surface area contributed by atoms with Crippen LogP contribution in [0.2, 0.25) is 0 Å². The van der Waals surface area contributed by atoms with Gasteiger partial charge in [-0.15, -0.1) is 0 Å². The van der Waals surface area contributed by atoms with Crippen LogP contribution < -0.4 is 10.8 Å². The van der Waals surface area contributed by atoms with E-state index in [4.69, 9.17) is 0 Å². The zero-order valence-corrected chi connectivity index (χ0v) is 10.3. The Morgan fingerprint density at radius 1 is 1.39 bits per heavy atom. The van der Waals surface area contributed by atoms with E-state index < -0.39 is 0 Å². The topological polar surface area (TPSA) is 50.4 Å². The summed E-state index contributed by atoms with van der Waals surface area (Å²) >= 11 is 0. The maximum Gasteiger partial charge on any atom is 0.224 e. The number of carbonyl (C=O) groups excluding carboxylic acids is 1. The third-order valence-electron chi connectivity index (χ3n) is 2.48. The van der Waals surface area contributed by atoms with Gasteiger partial charge >= 0.3 is 0 Å². The molecule has 1 rings (SSSR count). The second kappa shape index (κ2) is 7.45. The van der Waals surface area contributed by atoms with E-state index in [1.54, 1.807) is 0 Å². The molecule has 0 radical (unpaired) electrons. The summed E-state index contributed by atoms with van der Waals surface area (Å²) in [6.45, 7) is 5.46. The minimum absolute atomic E-state index is 0.0710. The number of hydrogen-bond acceptors (Lipinski definition) is 3. The van der Waals surface area contributed by atoms with Gasteiger partial charge in [0.25, 0.3) is 0 Å². The Labute approximate surface area is 106 Å². The van der Waals surface area contributed by atoms with Crippen molar-refractivity contribution in [2.45, 2.75) is 26.2 Å². The van der Waals surface area contributed by atoms with Gasteiger partial charge in [-0.3, -0.25) is 4.79 Å². The van der Waals surface area contributed by atoms with Gasteiger partial charge in [-0.2, -0.15) is 0 Å². The van der Waals surface area contributed by atoms with Crippen molar-refractivity contribution in [2.24, 2.45) is 0 Å². The first-order chi connectivity index (χ1) is 8.63. The molecule has 4 nitrogen and oxygen atoms in total. The molecule has 1 aromatic carbocycles. The average Bonchev–Trinajstić information content (AvgIpc) is 2.32. The summed E-state index contributed by atoms with van der Waals surface area (Å²) in [6.07, 6.45) is 1.40. The smallest absolute Gasteiger partial charge is 0.224 e. The molecule has 0 unspecified atom stereocenters. The lowest BCUT2D eigenvalue weighted by atomic mass is 10.1. The Kier molecular flexibility index (Phi) is 5.87. The predicted molar refractivity (Wildman–Crippen MR) is 68.1 cm³/mol. The van der Waals surface area contributed by atoms with E-state index >= 15 is 0 Å². The van der Waals surface area contributed by atoms with Gasteiger partial charge in [-0.05, 0) is 35.9 Å². The summed E-state index contributed by atoms with van der Waals surface area (Å²) in [5.41, 5.74) is 4.22. The van der Waals surface area contributed by atoms with Gasteiger partial charge < -0.3 is 5.32 Å². The minimum atomic E-state index is -0.0710. The minimum Gasteiger partial charge on any atom is -0.326 e. The van der Waals surface area contributed by atoms with Crippen LogP contribution in [0, 0.1) is 6.92 Å². The Morgan fingerprint density at radius 3 is 2.78 bits per heavy atom. The number of para-hydroxylation sites is 1. The van der Waals surface area contributed by atoms with Crippen LogP contribution in [0.4, 0.5) is 10.2 Å². The van der Waals surface area contributed by atoms with Crippen LogP contribution in [-0.4, -0.2) is 5.91 Å². The number of carbonyl (C=O) groups is 1. The van der Waals surface area contributed by atoms with Crippen LogP contribution in [0.5, 0.6) is 0 Å². The van der Waals surface area contributed by atoms with Crippen LogP contribution >= 0.6 is 0 Å². The molecule has 0 saturated carbocycles. The van der Waals surface area contributed by atoms with E-state index in [9.17, 15) is 9.32 Å². The summed E-state index contributed by atoms with van der Waals surface area (Å²) in [5.74, 6) is -0.0710. The zero-order valence-electron chi connectivity index (χ0n) is 10.3. The number of hydrogen-bond donors (Lipinski definition) is 2. The largest absolute Gasteiger partial charge is 0.326 e. The van der Waals surface area contributed by atoms with Gasteiger partial charge in [0.1, 0.15) is 0 Å². The summed E-state index contributed by atoms with van der Waals surface area (Å²) < 4.78 is 11.4. The van der Waals surface area contributed by atoms with E-state index in [1.165, 1.54) is 0 Å². The molecule has 0 heterocycles. The lowest BCUT2D eigenvalue weighted by Gasteiger charge is -2.08. The van der Waals surface area contributed by atoms with Gasteiger partial charge in [0.2, 0.25) is 5.91 Å². The molecular formula is C13H17FN2O2. The highest BCUT2D eigenvalue weighted by Gasteiger charge is 2.04. The van der Waals surface area contributed by atoms with Gasteiger partial charge in [-0.1, -0.05) is 29.8 Å². The molecule has 1 aromatic rings. The van der Waals surface area contributed by atoms with Gasteiger partial charge in [-0.25, -0.2) is 5.48 Å². The molecule has 0 fully saturated rings. The number of anilines is 1. The van der Waals surface area contributed by atoms with E-state index in [-0.39, 0.29) is 5.91 Å². The third kappa shape index (κ3) is 4.97. The third-order valence-corrected chi connectivity index (χ3v) is 2.48. The predicted octanol–water partition coefficient (Wildman–Crippen LogP) is 3.02. The average molecular weight is 252 g/mol. The summed E-state index contributed by atoms with van der Waals surface area (Å²) in [5, 5.41) is 6.04. The van der Waals surface area contributed by atoms with E-state index in [2.05, 4.69) is 16.9 Å². The van der Waals surface area contributed by atoms with Crippen molar-refractivity contribution in [3.63, 3.8) is 0 Å². The number of halogens is 1. The molecular weight excluding hydrogens is 235 g/mol. The van der Waals surface area contributed by atoms with Crippen LogP contribution in [0.3, 0.4) is 0 Å². The number of hydroxylamine groups is 1.